The summed E-state index contributed by atoms with van der Waals surface area (Å²) >= 11 is 0. The quantitative estimate of drug-likeness (QED) is 0.822. The second-order valence-corrected chi connectivity index (χ2v) is 7.53. The van der Waals surface area contributed by atoms with Crippen molar-refractivity contribution in [3.8, 4) is 0 Å². The topological polar surface area (TPSA) is 58.6 Å². The van der Waals surface area contributed by atoms with Gasteiger partial charge in [-0.15, -0.1) is 0 Å². The average Bonchev–Trinajstić information content (AvgIpc) is 2.98. The molecule has 2 aliphatic rings. The zero-order valence-corrected chi connectivity index (χ0v) is 15.0. The van der Waals surface area contributed by atoms with Gasteiger partial charge in [0, 0.05) is 37.3 Å². The Balaban J connectivity index is 1.27. The number of hydrogen-bond acceptors (Lipinski definition) is 5. The molecule has 1 aromatic heterocycles. The fourth-order valence-corrected chi connectivity index (χ4v) is 4.17. The van der Waals surface area contributed by atoms with Crippen LogP contribution in [0.4, 0.5) is 0 Å². The summed E-state index contributed by atoms with van der Waals surface area (Å²) < 4.78 is 5.94. The van der Waals surface area contributed by atoms with Gasteiger partial charge in [0.15, 0.2) is 0 Å². The molecule has 0 bridgehead atoms. The molecular weight excluding hydrogens is 328 g/mol. The monoisotopic (exact) mass is 352 g/mol. The maximum absolute atomic E-state index is 12.5. The number of nitrogens with zero attached hydrogens (tertiary/aromatic N) is 4. The summed E-state index contributed by atoms with van der Waals surface area (Å²) in [6.07, 6.45) is 4.11. The first-order valence-electron chi connectivity index (χ1n) is 9.02. The molecule has 2 aliphatic heterocycles. The molecule has 0 aliphatic carbocycles. The highest BCUT2D eigenvalue weighted by molar-refractivity contribution is 5.92. The summed E-state index contributed by atoms with van der Waals surface area (Å²) in [4.78, 5) is 24.7. The Labute approximate surface area is 153 Å². The van der Waals surface area contributed by atoms with E-state index in [1.165, 1.54) is 11.9 Å². The highest BCUT2D eigenvalue weighted by atomic mass is 16.5. The molecule has 4 rings (SSSR count). The van der Waals surface area contributed by atoms with Gasteiger partial charge in [0.05, 0.1) is 13.2 Å². The number of hydrogen-bond donors (Lipinski definition) is 0. The van der Waals surface area contributed by atoms with Crippen molar-refractivity contribution >= 4 is 5.91 Å². The molecule has 0 saturated carbocycles. The first-order chi connectivity index (χ1) is 12.7. The maximum atomic E-state index is 12.5. The van der Waals surface area contributed by atoms with Gasteiger partial charge in [0.25, 0.3) is 5.91 Å². The third-order valence-electron chi connectivity index (χ3n) is 5.44. The van der Waals surface area contributed by atoms with E-state index >= 15 is 0 Å². The highest BCUT2D eigenvalue weighted by Gasteiger charge is 2.51. The summed E-state index contributed by atoms with van der Waals surface area (Å²) in [7, 11) is 2.15. The first kappa shape index (κ1) is 17.1. The largest absolute Gasteiger partial charge is 0.375 e. The average molecular weight is 352 g/mol. The molecule has 1 spiro atoms. The molecule has 1 aromatic carbocycles. The van der Waals surface area contributed by atoms with Gasteiger partial charge in [-0.05, 0) is 25.1 Å². The number of rotatable bonds is 5. The Kier molecular flexibility index (Phi) is 4.70. The summed E-state index contributed by atoms with van der Waals surface area (Å²) in [5, 5.41) is 0. The van der Waals surface area contributed by atoms with Crippen molar-refractivity contribution in [1.29, 1.82) is 0 Å². The van der Waals surface area contributed by atoms with Crippen LogP contribution in [0, 0.1) is 5.41 Å². The lowest BCUT2D eigenvalue weighted by Gasteiger charge is -2.48. The van der Waals surface area contributed by atoms with E-state index in [2.05, 4.69) is 34.0 Å². The van der Waals surface area contributed by atoms with Crippen LogP contribution >= 0.6 is 0 Å². The van der Waals surface area contributed by atoms with E-state index in [1.54, 1.807) is 12.3 Å². The van der Waals surface area contributed by atoms with Crippen LogP contribution in [0.5, 0.6) is 0 Å². The first-order valence-corrected chi connectivity index (χ1v) is 9.02. The van der Waals surface area contributed by atoms with Crippen LogP contribution in [0.25, 0.3) is 0 Å². The Hall–Kier alpha value is -2.31. The Morgan fingerprint density at radius 1 is 1.23 bits per heavy atom. The van der Waals surface area contributed by atoms with Gasteiger partial charge in [-0.1, -0.05) is 30.3 Å². The lowest BCUT2D eigenvalue weighted by molar-refractivity contribution is 0.0104. The van der Waals surface area contributed by atoms with Crippen LogP contribution in [0.15, 0.2) is 48.9 Å². The van der Waals surface area contributed by atoms with Crippen molar-refractivity contribution in [2.75, 3.05) is 33.3 Å². The molecule has 1 atom stereocenters. The fourth-order valence-electron chi connectivity index (χ4n) is 4.17. The van der Waals surface area contributed by atoms with E-state index in [0.717, 1.165) is 32.7 Å². The molecule has 3 heterocycles. The molecule has 0 radical (unpaired) electrons. The van der Waals surface area contributed by atoms with Crippen molar-refractivity contribution in [2.24, 2.45) is 5.41 Å². The van der Waals surface area contributed by atoms with E-state index in [4.69, 9.17) is 4.74 Å². The molecule has 136 valence electrons. The van der Waals surface area contributed by atoms with E-state index in [-0.39, 0.29) is 11.3 Å². The lowest BCUT2D eigenvalue weighted by Crippen LogP contribution is -2.59. The number of aromatic nitrogens is 2. The van der Waals surface area contributed by atoms with Crippen LogP contribution in [0.2, 0.25) is 0 Å². The molecule has 6 heteroatoms. The van der Waals surface area contributed by atoms with Gasteiger partial charge < -0.3 is 14.5 Å². The SMILES string of the molecule is CN1CC2(CC1COCc1ccccc1)CN(C(=O)c1ccncn1)C2. The van der Waals surface area contributed by atoms with Gasteiger partial charge in [-0.25, -0.2) is 9.97 Å². The zero-order valence-electron chi connectivity index (χ0n) is 15.0. The number of carbonyl (C=O) groups excluding carboxylic acids is 1. The molecule has 2 aromatic rings. The highest BCUT2D eigenvalue weighted by Crippen LogP contribution is 2.42. The van der Waals surface area contributed by atoms with Crippen LogP contribution in [-0.4, -0.2) is 65.0 Å². The molecule has 1 unspecified atom stereocenters. The summed E-state index contributed by atoms with van der Waals surface area (Å²) in [6, 6.07) is 12.3. The second kappa shape index (κ2) is 7.13. The number of likely N-dealkylation sites (tertiary alicyclic amines) is 2. The Bertz CT molecular complexity index is 747. The van der Waals surface area contributed by atoms with E-state index in [9.17, 15) is 4.79 Å². The van der Waals surface area contributed by atoms with Crippen LogP contribution < -0.4 is 0 Å². The third kappa shape index (κ3) is 3.48. The predicted molar refractivity (Wildman–Crippen MR) is 97.5 cm³/mol. The van der Waals surface area contributed by atoms with E-state index < -0.39 is 0 Å². The summed E-state index contributed by atoms with van der Waals surface area (Å²) in [5.41, 5.74) is 1.88. The lowest BCUT2D eigenvalue weighted by atomic mass is 9.77. The van der Waals surface area contributed by atoms with Crippen molar-refractivity contribution in [3.05, 3.63) is 60.2 Å². The molecule has 2 fully saturated rings. The number of ether oxygens (including phenoxy) is 1. The van der Waals surface area contributed by atoms with E-state index in [0.29, 0.717) is 18.3 Å². The second-order valence-electron chi connectivity index (χ2n) is 7.53. The number of benzene rings is 1. The van der Waals surface area contributed by atoms with Crippen LogP contribution in [0.3, 0.4) is 0 Å². The maximum Gasteiger partial charge on any atom is 0.272 e. The molecule has 6 nitrogen and oxygen atoms in total. The van der Waals surface area contributed by atoms with Gasteiger partial charge >= 0.3 is 0 Å². The summed E-state index contributed by atoms with van der Waals surface area (Å²) in [5.74, 6) is 0.00413. The molecule has 0 N–H and O–H groups in total. The molecule has 2 saturated heterocycles. The fraction of sp³-hybridized carbons (Fsp3) is 0.450. The molecule has 26 heavy (non-hydrogen) atoms. The number of carbonyl (C=O) groups is 1. The van der Waals surface area contributed by atoms with Gasteiger partial charge in [-0.3, -0.25) is 4.79 Å². The van der Waals surface area contributed by atoms with Gasteiger partial charge in [0.1, 0.15) is 12.0 Å². The Morgan fingerprint density at radius 2 is 2.04 bits per heavy atom. The number of amides is 1. The minimum atomic E-state index is 0.00413. The standard InChI is InChI=1S/C20H24N4O2/c1-23-12-20(9-17(23)11-26-10-16-5-3-2-4-6-16)13-24(14-20)19(25)18-7-8-21-15-22-18/h2-8,15,17H,9-14H2,1H3. The van der Waals surface area contributed by atoms with Crippen molar-refractivity contribution in [3.63, 3.8) is 0 Å². The van der Waals surface area contributed by atoms with Crippen molar-refractivity contribution in [2.45, 2.75) is 19.1 Å². The predicted octanol–water partition coefficient (Wildman–Crippen LogP) is 1.84. The van der Waals surface area contributed by atoms with E-state index in [1.807, 2.05) is 23.1 Å². The molecule has 1 amide bonds. The van der Waals surface area contributed by atoms with Gasteiger partial charge in [-0.2, -0.15) is 0 Å². The van der Waals surface area contributed by atoms with Crippen LogP contribution in [-0.2, 0) is 11.3 Å². The minimum Gasteiger partial charge on any atom is -0.375 e. The normalized spacial score (nSPS) is 21.7. The summed E-state index contributed by atoms with van der Waals surface area (Å²) in [6.45, 7) is 3.99. The van der Waals surface area contributed by atoms with Crippen LogP contribution in [0.1, 0.15) is 22.5 Å². The van der Waals surface area contributed by atoms with Gasteiger partial charge in [0.2, 0.25) is 0 Å². The minimum absolute atomic E-state index is 0.00413. The number of likely N-dealkylation sites (N-methyl/N-ethyl adjacent to an activating group) is 1. The smallest absolute Gasteiger partial charge is 0.272 e. The van der Waals surface area contributed by atoms with Crippen molar-refractivity contribution in [1.82, 2.24) is 19.8 Å². The van der Waals surface area contributed by atoms with Crippen molar-refractivity contribution < 1.29 is 9.53 Å². The zero-order chi connectivity index (χ0) is 18.0. The molecular formula is C20H24N4O2. The third-order valence-corrected chi connectivity index (χ3v) is 5.44. The Morgan fingerprint density at radius 3 is 2.77 bits per heavy atom.